The van der Waals surface area contributed by atoms with E-state index >= 15 is 0 Å². The molecule has 0 bridgehead atoms. The van der Waals surface area contributed by atoms with Gasteiger partial charge in [0, 0.05) is 10.6 Å². The minimum Gasteiger partial charge on any atom is -0.322 e. The van der Waals surface area contributed by atoms with Crippen molar-refractivity contribution in [2.45, 2.75) is 6.54 Å². The number of hydrogen-bond acceptors (Lipinski definition) is 2. The monoisotopic (exact) mass is 390 g/mol. The number of halogens is 2. The van der Waals surface area contributed by atoms with Crippen LogP contribution < -0.4 is 15.2 Å². The lowest BCUT2D eigenvalue weighted by Gasteiger charge is -2.29. The lowest BCUT2D eigenvalue weighted by molar-refractivity contribution is -1.02. The van der Waals surface area contributed by atoms with E-state index in [0.29, 0.717) is 12.1 Å². The quantitative estimate of drug-likeness (QED) is 0.469. The molecule has 0 aliphatic carbocycles. The summed E-state index contributed by atoms with van der Waals surface area (Å²) in [5, 5.41) is 4.72. The lowest BCUT2D eigenvalue weighted by atomic mass is 10.2. The number of nitrogens with one attached hydrogen (secondary N) is 3. The van der Waals surface area contributed by atoms with Gasteiger partial charge in [0.1, 0.15) is 38.5 Å². The zero-order valence-corrected chi connectivity index (χ0v) is 15.8. The number of hydrogen-bond donors (Lipinski definition) is 3. The smallest absolute Gasteiger partial charge is 0.295 e. The molecular formula is C20H24ClFN4O+2. The Morgan fingerprint density at radius 3 is 2.59 bits per heavy atom. The average Bonchev–Trinajstić information content (AvgIpc) is 2.65. The van der Waals surface area contributed by atoms with Crippen LogP contribution in [-0.4, -0.2) is 44.8 Å². The first-order valence-electron chi connectivity index (χ1n) is 9.08. The molecule has 1 heterocycles. The molecule has 2 aromatic rings. The van der Waals surface area contributed by atoms with Crippen molar-refractivity contribution in [1.29, 1.82) is 0 Å². The van der Waals surface area contributed by atoms with E-state index in [-0.39, 0.29) is 11.7 Å². The highest BCUT2D eigenvalue weighted by Gasteiger charge is 2.25. The van der Waals surface area contributed by atoms with Gasteiger partial charge in [0.2, 0.25) is 0 Å². The molecule has 2 aromatic carbocycles. The Morgan fingerprint density at radius 2 is 1.85 bits per heavy atom. The first-order valence-corrected chi connectivity index (χ1v) is 9.46. The summed E-state index contributed by atoms with van der Waals surface area (Å²) >= 11 is 6.24. The summed E-state index contributed by atoms with van der Waals surface area (Å²) in [5.74, 6) is -0.459. The van der Waals surface area contributed by atoms with E-state index < -0.39 is 0 Å². The molecule has 7 heteroatoms. The molecule has 0 spiro atoms. The molecule has 3 rings (SSSR count). The van der Waals surface area contributed by atoms with Crippen molar-refractivity contribution in [3.63, 3.8) is 0 Å². The van der Waals surface area contributed by atoms with E-state index in [9.17, 15) is 9.18 Å². The number of carbonyl (C=O) groups is 1. The second kappa shape index (κ2) is 9.60. The third-order valence-electron chi connectivity index (χ3n) is 4.72. The van der Waals surface area contributed by atoms with Crippen LogP contribution in [0.2, 0.25) is 5.02 Å². The normalized spacial score (nSPS) is 19.9. The summed E-state index contributed by atoms with van der Waals surface area (Å²) in [6, 6.07) is 14.0. The second-order valence-electron chi connectivity index (χ2n) is 6.79. The summed E-state index contributed by atoms with van der Waals surface area (Å²) in [6.07, 6.45) is 1.45. The Labute approximate surface area is 163 Å². The van der Waals surface area contributed by atoms with Gasteiger partial charge in [0.05, 0.1) is 6.21 Å². The Hall–Kier alpha value is -2.28. The van der Waals surface area contributed by atoms with Crippen LogP contribution >= 0.6 is 11.6 Å². The molecule has 1 aliphatic heterocycles. The van der Waals surface area contributed by atoms with Gasteiger partial charge in [-0.15, -0.1) is 0 Å². The highest BCUT2D eigenvalue weighted by molar-refractivity contribution is 6.31. The largest absolute Gasteiger partial charge is 0.322 e. The molecule has 1 fully saturated rings. The molecule has 0 atom stereocenters. The molecule has 5 nitrogen and oxygen atoms in total. The summed E-state index contributed by atoms with van der Waals surface area (Å²) in [4.78, 5) is 14.8. The van der Waals surface area contributed by atoms with E-state index in [0.717, 1.165) is 37.7 Å². The molecule has 0 radical (unpaired) electrons. The Morgan fingerprint density at radius 1 is 1.11 bits per heavy atom. The van der Waals surface area contributed by atoms with Crippen LogP contribution in [0.4, 0.5) is 4.39 Å². The maximum atomic E-state index is 13.1. The highest BCUT2D eigenvalue weighted by atomic mass is 35.5. The summed E-state index contributed by atoms with van der Waals surface area (Å²) in [5.41, 5.74) is 4.30. The van der Waals surface area contributed by atoms with Crippen LogP contribution in [0.3, 0.4) is 0 Å². The van der Waals surface area contributed by atoms with Gasteiger partial charge in [0.25, 0.3) is 5.91 Å². The fourth-order valence-electron chi connectivity index (χ4n) is 3.25. The minimum absolute atomic E-state index is 0.132. The Balaban J connectivity index is 1.39. The molecule has 142 valence electrons. The van der Waals surface area contributed by atoms with Crippen LogP contribution in [0.1, 0.15) is 11.1 Å². The molecule has 0 aromatic heterocycles. The Bertz CT molecular complexity index is 806. The molecule has 0 saturated carbocycles. The van der Waals surface area contributed by atoms with E-state index in [1.807, 2.05) is 18.2 Å². The van der Waals surface area contributed by atoms with Crippen LogP contribution in [0.5, 0.6) is 0 Å². The fraction of sp³-hybridized carbons (Fsp3) is 0.300. The molecule has 1 saturated heterocycles. The summed E-state index contributed by atoms with van der Waals surface area (Å²) in [7, 11) is 0. The van der Waals surface area contributed by atoms with Crippen molar-refractivity contribution in [1.82, 2.24) is 5.43 Å². The number of nitrogens with zero attached hydrogens (tertiary/aromatic N) is 1. The van der Waals surface area contributed by atoms with E-state index in [2.05, 4.69) is 16.6 Å². The number of carbonyl (C=O) groups excluding carboxylic acids is 1. The second-order valence-corrected chi connectivity index (χ2v) is 7.20. The van der Waals surface area contributed by atoms with E-state index in [1.54, 1.807) is 12.1 Å². The van der Waals surface area contributed by atoms with Gasteiger partial charge in [-0.1, -0.05) is 41.9 Å². The van der Waals surface area contributed by atoms with Crippen LogP contribution in [0.25, 0.3) is 0 Å². The average molecular weight is 391 g/mol. The van der Waals surface area contributed by atoms with Crippen molar-refractivity contribution in [3.05, 3.63) is 70.5 Å². The molecule has 1 amide bonds. The molecule has 3 N–H and O–H groups in total. The number of amides is 1. The number of benzene rings is 2. The van der Waals surface area contributed by atoms with Crippen LogP contribution in [0, 0.1) is 5.82 Å². The topological polar surface area (TPSA) is 50.3 Å². The van der Waals surface area contributed by atoms with Gasteiger partial charge in [-0.25, -0.2) is 9.82 Å². The summed E-state index contributed by atoms with van der Waals surface area (Å²) in [6.45, 7) is 5.17. The van der Waals surface area contributed by atoms with Crippen LogP contribution in [-0.2, 0) is 11.3 Å². The highest BCUT2D eigenvalue weighted by Crippen LogP contribution is 2.13. The Kier molecular flexibility index (Phi) is 6.92. The lowest BCUT2D eigenvalue weighted by Crippen LogP contribution is -3.28. The van der Waals surface area contributed by atoms with Crippen molar-refractivity contribution in [2.24, 2.45) is 5.10 Å². The summed E-state index contributed by atoms with van der Waals surface area (Å²) < 4.78 is 13.1. The zero-order chi connectivity index (χ0) is 19.1. The van der Waals surface area contributed by atoms with Crippen molar-refractivity contribution in [3.8, 4) is 0 Å². The molecule has 1 aliphatic rings. The number of rotatable bonds is 6. The number of quaternary nitrogens is 2. The first-order chi connectivity index (χ1) is 13.1. The predicted octanol–water partition coefficient (Wildman–Crippen LogP) is -0.0872. The zero-order valence-electron chi connectivity index (χ0n) is 15.1. The van der Waals surface area contributed by atoms with Gasteiger partial charge < -0.3 is 9.80 Å². The standard InChI is InChI=1S/C20H22ClFN4O/c21-19-7-2-1-5-17(19)14-25-8-10-26(11-9-25)15-20(27)24-23-13-16-4-3-6-18(22)12-16/h1-7,12-13H,8-11,14-15H2,(H,24,27)/p+2/b23-13-. The van der Waals surface area contributed by atoms with E-state index in [4.69, 9.17) is 11.6 Å². The van der Waals surface area contributed by atoms with Gasteiger partial charge in [-0.2, -0.15) is 5.10 Å². The third-order valence-corrected chi connectivity index (χ3v) is 5.09. The number of hydrazone groups is 1. The van der Waals surface area contributed by atoms with Crippen molar-refractivity contribution < 1.29 is 19.0 Å². The minimum atomic E-state index is -0.327. The fourth-order valence-corrected chi connectivity index (χ4v) is 3.46. The predicted molar refractivity (Wildman–Crippen MR) is 104 cm³/mol. The third kappa shape index (κ3) is 6.13. The SMILES string of the molecule is O=C(C[NH+]1CC[NH+](Cc2ccccc2Cl)CC1)N/N=C\c1cccc(F)c1. The van der Waals surface area contributed by atoms with Gasteiger partial charge in [-0.05, 0) is 23.8 Å². The first kappa shape index (κ1) is 19.5. The van der Waals surface area contributed by atoms with Crippen LogP contribution in [0.15, 0.2) is 53.6 Å². The van der Waals surface area contributed by atoms with Crippen molar-refractivity contribution >= 4 is 23.7 Å². The van der Waals surface area contributed by atoms with E-state index in [1.165, 1.54) is 33.7 Å². The molecular weight excluding hydrogens is 367 g/mol. The maximum absolute atomic E-state index is 13.1. The van der Waals surface area contributed by atoms with Crippen molar-refractivity contribution in [2.75, 3.05) is 32.7 Å². The number of piperazine rings is 1. The van der Waals surface area contributed by atoms with Gasteiger partial charge in [-0.3, -0.25) is 4.79 Å². The molecule has 27 heavy (non-hydrogen) atoms. The van der Waals surface area contributed by atoms with Gasteiger partial charge >= 0.3 is 0 Å². The molecule has 0 unspecified atom stereocenters. The maximum Gasteiger partial charge on any atom is 0.295 e. The van der Waals surface area contributed by atoms with Gasteiger partial charge in [0.15, 0.2) is 6.54 Å².